The molecule has 4 rings (SSSR count). The Morgan fingerprint density at radius 2 is 2.03 bits per heavy atom. The second-order valence-corrected chi connectivity index (χ2v) is 8.13. The molecule has 6 nitrogen and oxygen atoms in total. The Labute approximate surface area is 182 Å². The number of nitrogens with zero attached hydrogens (tertiary/aromatic N) is 1. The van der Waals surface area contributed by atoms with Crippen LogP contribution in [-0.2, 0) is 0 Å². The van der Waals surface area contributed by atoms with Crippen molar-refractivity contribution in [3.63, 3.8) is 0 Å². The molecule has 30 heavy (non-hydrogen) atoms. The molecule has 0 spiro atoms. The number of aliphatic hydroxyl groups excluding tert-OH is 1. The topological polar surface area (TPSA) is 80.0 Å². The van der Waals surface area contributed by atoms with Crippen LogP contribution < -0.4 is 10.2 Å². The Bertz CT molecular complexity index is 1160. The normalized spacial score (nSPS) is 15.6. The van der Waals surface area contributed by atoms with Crippen molar-refractivity contribution in [2.75, 3.05) is 19.8 Å². The van der Waals surface area contributed by atoms with Gasteiger partial charge >= 0.3 is 0 Å². The average Bonchev–Trinajstić information content (AvgIpc) is 3.03. The highest BCUT2D eigenvalue weighted by Crippen LogP contribution is 2.39. The Kier molecular flexibility index (Phi) is 5.92. The van der Waals surface area contributed by atoms with Gasteiger partial charge in [-0.05, 0) is 48.7 Å². The van der Waals surface area contributed by atoms with Crippen LogP contribution in [0.25, 0.3) is 11.0 Å². The molecule has 1 aliphatic rings. The predicted octanol–water partition coefficient (Wildman–Crippen LogP) is 4.27. The van der Waals surface area contributed by atoms with Crippen LogP contribution in [0.4, 0.5) is 0 Å². The molecule has 1 aliphatic heterocycles. The Morgan fingerprint density at radius 3 is 2.80 bits per heavy atom. The summed E-state index contributed by atoms with van der Waals surface area (Å²) in [6.45, 7) is 2.87. The zero-order chi connectivity index (χ0) is 21.3. The summed E-state index contributed by atoms with van der Waals surface area (Å²) < 4.78 is 12.4. The van der Waals surface area contributed by atoms with E-state index < -0.39 is 6.04 Å². The minimum atomic E-state index is -0.594. The summed E-state index contributed by atoms with van der Waals surface area (Å²) in [5.41, 5.74) is 1.25. The highest BCUT2D eigenvalue weighted by Gasteiger charge is 2.42. The van der Waals surface area contributed by atoms with Gasteiger partial charge in [-0.1, -0.05) is 35.0 Å². The van der Waals surface area contributed by atoms with Crippen molar-refractivity contribution >= 4 is 32.8 Å². The number of rotatable bonds is 7. The third-order valence-corrected chi connectivity index (χ3v) is 5.62. The molecule has 0 fully saturated rings. The quantitative estimate of drug-likeness (QED) is 0.556. The van der Waals surface area contributed by atoms with Crippen molar-refractivity contribution in [3.05, 3.63) is 74.0 Å². The summed E-state index contributed by atoms with van der Waals surface area (Å²) in [6.07, 6.45) is 1.28. The van der Waals surface area contributed by atoms with E-state index in [0.29, 0.717) is 41.9 Å². The molecule has 0 aliphatic carbocycles. The Balaban J connectivity index is 1.90. The number of ether oxygens (including phenoxy) is 1. The van der Waals surface area contributed by atoms with Crippen LogP contribution in [0, 0.1) is 0 Å². The largest absolute Gasteiger partial charge is 0.494 e. The van der Waals surface area contributed by atoms with Crippen LogP contribution in [-0.4, -0.2) is 35.7 Å². The van der Waals surface area contributed by atoms with Gasteiger partial charge in [0.1, 0.15) is 11.3 Å². The van der Waals surface area contributed by atoms with Gasteiger partial charge in [-0.3, -0.25) is 9.59 Å². The fraction of sp³-hybridized carbons (Fsp3) is 0.304. The molecule has 1 N–H and O–H groups in total. The first-order valence-electron chi connectivity index (χ1n) is 9.96. The molecule has 7 heteroatoms. The van der Waals surface area contributed by atoms with Gasteiger partial charge in [0.2, 0.25) is 5.76 Å². The second-order valence-electron chi connectivity index (χ2n) is 7.21. The highest BCUT2D eigenvalue weighted by atomic mass is 79.9. The van der Waals surface area contributed by atoms with E-state index in [1.54, 1.807) is 23.1 Å². The lowest BCUT2D eigenvalue weighted by Gasteiger charge is -2.25. The van der Waals surface area contributed by atoms with Gasteiger partial charge in [-0.2, -0.15) is 0 Å². The number of carbonyl (C=O) groups is 1. The third kappa shape index (κ3) is 3.63. The summed E-state index contributed by atoms with van der Waals surface area (Å²) in [5.74, 6) is 0.410. The molecule has 0 saturated carbocycles. The van der Waals surface area contributed by atoms with Crippen molar-refractivity contribution in [1.82, 2.24) is 4.90 Å². The van der Waals surface area contributed by atoms with Crippen LogP contribution >= 0.6 is 15.9 Å². The molecule has 2 heterocycles. The van der Waals surface area contributed by atoms with E-state index in [0.717, 1.165) is 16.5 Å². The molecule has 1 amide bonds. The third-order valence-electron chi connectivity index (χ3n) is 5.13. The summed E-state index contributed by atoms with van der Waals surface area (Å²) in [4.78, 5) is 28.2. The summed E-state index contributed by atoms with van der Waals surface area (Å²) in [5, 5.41) is 9.74. The van der Waals surface area contributed by atoms with Gasteiger partial charge in [0, 0.05) is 17.6 Å². The number of aliphatic hydroxyl groups is 1. The van der Waals surface area contributed by atoms with Crippen LogP contribution in [0.1, 0.15) is 47.5 Å². The van der Waals surface area contributed by atoms with Gasteiger partial charge < -0.3 is 19.2 Å². The molecule has 0 saturated heterocycles. The molecule has 156 valence electrons. The minimum Gasteiger partial charge on any atom is -0.494 e. The van der Waals surface area contributed by atoms with E-state index in [-0.39, 0.29) is 23.7 Å². The van der Waals surface area contributed by atoms with E-state index >= 15 is 0 Å². The lowest BCUT2D eigenvalue weighted by Crippen LogP contribution is -2.31. The lowest BCUT2D eigenvalue weighted by atomic mass is 9.98. The summed E-state index contributed by atoms with van der Waals surface area (Å²) >= 11 is 3.40. The highest BCUT2D eigenvalue weighted by molar-refractivity contribution is 9.10. The number of carbonyl (C=O) groups excluding carboxylic acids is 1. The molecule has 1 aromatic heterocycles. The van der Waals surface area contributed by atoms with Gasteiger partial charge in [0.15, 0.2) is 5.43 Å². The van der Waals surface area contributed by atoms with Crippen molar-refractivity contribution in [2.24, 2.45) is 0 Å². The Morgan fingerprint density at radius 1 is 1.20 bits per heavy atom. The number of fused-ring (bicyclic) bond motifs is 2. The first kappa shape index (κ1) is 20.6. The fourth-order valence-corrected chi connectivity index (χ4v) is 4.17. The smallest absolute Gasteiger partial charge is 0.290 e. The minimum absolute atomic E-state index is 0.0528. The number of benzene rings is 2. The van der Waals surface area contributed by atoms with E-state index in [9.17, 15) is 14.7 Å². The SMILES string of the molecule is CCCOc1cccc(C2c3c(oc4ccc(Br)cc4c3=O)C(=O)N2CCCO)c1. The zero-order valence-electron chi connectivity index (χ0n) is 16.6. The maximum absolute atomic E-state index is 13.4. The molecule has 2 aromatic carbocycles. The lowest BCUT2D eigenvalue weighted by molar-refractivity contribution is 0.0716. The van der Waals surface area contributed by atoms with Crippen molar-refractivity contribution < 1.29 is 19.1 Å². The zero-order valence-corrected chi connectivity index (χ0v) is 18.1. The molecule has 3 aromatic rings. The number of amides is 1. The Hall–Kier alpha value is -2.64. The molecular weight excluding hydrogens is 450 g/mol. The monoisotopic (exact) mass is 471 g/mol. The van der Waals surface area contributed by atoms with Gasteiger partial charge in [0.25, 0.3) is 5.91 Å². The summed E-state index contributed by atoms with van der Waals surface area (Å²) in [7, 11) is 0. The van der Waals surface area contributed by atoms with E-state index in [4.69, 9.17) is 9.15 Å². The van der Waals surface area contributed by atoms with E-state index in [1.807, 2.05) is 31.2 Å². The number of hydrogen-bond donors (Lipinski definition) is 1. The first-order chi connectivity index (χ1) is 14.5. The maximum Gasteiger partial charge on any atom is 0.290 e. The van der Waals surface area contributed by atoms with Crippen molar-refractivity contribution in [3.8, 4) is 5.75 Å². The van der Waals surface area contributed by atoms with Crippen LogP contribution in [0.3, 0.4) is 0 Å². The number of hydrogen-bond acceptors (Lipinski definition) is 5. The van der Waals surface area contributed by atoms with Gasteiger partial charge in [-0.25, -0.2) is 0 Å². The van der Waals surface area contributed by atoms with Crippen LogP contribution in [0.2, 0.25) is 0 Å². The maximum atomic E-state index is 13.4. The average molecular weight is 472 g/mol. The van der Waals surface area contributed by atoms with Crippen LogP contribution in [0.5, 0.6) is 5.75 Å². The molecular formula is C23H22BrNO5. The van der Waals surface area contributed by atoms with Crippen molar-refractivity contribution in [1.29, 1.82) is 0 Å². The second kappa shape index (κ2) is 8.62. The standard InChI is InChI=1S/C23H22BrNO5/c1-2-11-29-16-6-3-5-14(12-16)20-19-21(27)17-13-15(24)7-8-18(17)30-22(19)23(28)25(20)9-4-10-26/h3,5-8,12-13,20,26H,2,4,9-11H2,1H3. The summed E-state index contributed by atoms with van der Waals surface area (Å²) in [6, 6.07) is 12.0. The number of halogens is 1. The predicted molar refractivity (Wildman–Crippen MR) is 117 cm³/mol. The molecule has 0 bridgehead atoms. The first-order valence-corrected chi connectivity index (χ1v) is 10.7. The van der Waals surface area contributed by atoms with E-state index in [1.165, 1.54) is 0 Å². The van der Waals surface area contributed by atoms with Gasteiger partial charge in [0.05, 0.1) is 23.6 Å². The molecule has 0 radical (unpaired) electrons. The van der Waals surface area contributed by atoms with Crippen molar-refractivity contribution in [2.45, 2.75) is 25.8 Å². The van der Waals surface area contributed by atoms with E-state index in [2.05, 4.69) is 15.9 Å². The fourth-order valence-electron chi connectivity index (χ4n) is 3.81. The van der Waals surface area contributed by atoms with Crippen LogP contribution in [0.15, 0.2) is 56.1 Å². The molecule has 1 unspecified atom stereocenters. The molecule has 1 atom stereocenters. The van der Waals surface area contributed by atoms with Gasteiger partial charge in [-0.15, -0.1) is 0 Å².